The molecule has 1 aliphatic heterocycles. The number of nitrogens with one attached hydrogen (secondary N) is 1. The van der Waals surface area contributed by atoms with Crippen LogP contribution in [0, 0.1) is 5.92 Å². The van der Waals surface area contributed by atoms with Gasteiger partial charge in [-0.2, -0.15) is 0 Å². The van der Waals surface area contributed by atoms with Crippen molar-refractivity contribution in [1.29, 1.82) is 0 Å². The van der Waals surface area contributed by atoms with Crippen LogP contribution in [0.2, 0.25) is 0 Å². The lowest BCUT2D eigenvalue weighted by molar-refractivity contribution is -0.0114. The Balaban J connectivity index is 2.46. The molecule has 0 aliphatic carbocycles. The molecule has 0 amide bonds. The monoisotopic (exact) mass is 149 g/mol. The Bertz CT molecular complexity index is 114. The molecule has 0 spiro atoms. The van der Waals surface area contributed by atoms with Crippen LogP contribution in [0.15, 0.2) is 0 Å². The summed E-state index contributed by atoms with van der Waals surface area (Å²) in [5.41, 5.74) is 0. The summed E-state index contributed by atoms with van der Waals surface area (Å²) < 4.78 is 25.3. The summed E-state index contributed by atoms with van der Waals surface area (Å²) in [5, 5.41) is 2.72. The fraction of sp³-hybridized carbons (Fsp3) is 1.00. The van der Waals surface area contributed by atoms with E-state index in [0.717, 1.165) is 13.0 Å². The van der Waals surface area contributed by atoms with Gasteiger partial charge >= 0.3 is 0 Å². The van der Waals surface area contributed by atoms with Crippen molar-refractivity contribution >= 4 is 0 Å². The second kappa shape index (κ2) is 2.82. The van der Waals surface area contributed by atoms with E-state index in [1.807, 2.05) is 6.92 Å². The van der Waals surface area contributed by atoms with Gasteiger partial charge in [-0.3, -0.25) is 0 Å². The molecular formula is C7H13F2N. The molecule has 0 bridgehead atoms. The molecule has 0 saturated carbocycles. The van der Waals surface area contributed by atoms with Crippen molar-refractivity contribution in [3.8, 4) is 0 Å². The molecule has 1 fully saturated rings. The standard InChI is InChI=1S/C7H13F2N/c1-6-2-3-10-5-7(8,9)4-6/h6,10H,2-5H2,1H3. The molecular weight excluding hydrogens is 136 g/mol. The highest BCUT2D eigenvalue weighted by Crippen LogP contribution is 2.26. The molecule has 1 atom stereocenters. The largest absolute Gasteiger partial charge is 0.311 e. The Morgan fingerprint density at radius 3 is 2.90 bits per heavy atom. The van der Waals surface area contributed by atoms with Crippen LogP contribution in [-0.2, 0) is 0 Å². The highest BCUT2D eigenvalue weighted by atomic mass is 19.3. The van der Waals surface area contributed by atoms with E-state index < -0.39 is 5.92 Å². The molecule has 1 unspecified atom stereocenters. The first-order valence-corrected chi connectivity index (χ1v) is 3.69. The summed E-state index contributed by atoms with van der Waals surface area (Å²) in [6.45, 7) is 2.47. The van der Waals surface area contributed by atoms with Crippen molar-refractivity contribution in [3.05, 3.63) is 0 Å². The van der Waals surface area contributed by atoms with Gasteiger partial charge in [0.15, 0.2) is 0 Å². The summed E-state index contributed by atoms with van der Waals surface area (Å²) in [6, 6.07) is 0. The van der Waals surface area contributed by atoms with Gasteiger partial charge in [-0.1, -0.05) is 6.92 Å². The van der Waals surface area contributed by atoms with Crippen LogP contribution in [-0.4, -0.2) is 19.0 Å². The Morgan fingerprint density at radius 1 is 1.50 bits per heavy atom. The summed E-state index contributed by atoms with van der Waals surface area (Å²) in [7, 11) is 0. The predicted molar refractivity (Wildman–Crippen MR) is 36.2 cm³/mol. The maximum absolute atomic E-state index is 12.7. The molecule has 10 heavy (non-hydrogen) atoms. The Kier molecular flexibility index (Phi) is 2.24. The quantitative estimate of drug-likeness (QED) is 0.552. The van der Waals surface area contributed by atoms with Gasteiger partial charge in [-0.15, -0.1) is 0 Å². The number of hydrogen-bond donors (Lipinski definition) is 1. The van der Waals surface area contributed by atoms with E-state index in [1.54, 1.807) is 0 Å². The first-order chi connectivity index (χ1) is 4.60. The Labute approximate surface area is 59.8 Å². The SMILES string of the molecule is CC1CCNCC(F)(F)C1. The molecule has 1 saturated heterocycles. The third-order valence-electron chi connectivity index (χ3n) is 1.84. The molecule has 1 N–H and O–H groups in total. The van der Waals surface area contributed by atoms with E-state index in [2.05, 4.69) is 5.32 Å². The van der Waals surface area contributed by atoms with Gasteiger partial charge in [0.25, 0.3) is 5.92 Å². The molecule has 0 aromatic carbocycles. The molecule has 1 rings (SSSR count). The second-order valence-electron chi connectivity index (χ2n) is 3.13. The Hall–Kier alpha value is -0.180. The van der Waals surface area contributed by atoms with E-state index in [4.69, 9.17) is 0 Å². The highest BCUT2D eigenvalue weighted by Gasteiger charge is 2.32. The van der Waals surface area contributed by atoms with E-state index >= 15 is 0 Å². The maximum Gasteiger partial charge on any atom is 0.260 e. The fourth-order valence-corrected chi connectivity index (χ4v) is 1.30. The first-order valence-electron chi connectivity index (χ1n) is 3.69. The van der Waals surface area contributed by atoms with E-state index in [1.165, 1.54) is 0 Å². The number of alkyl halides is 2. The molecule has 3 heteroatoms. The van der Waals surface area contributed by atoms with Gasteiger partial charge in [0.1, 0.15) is 0 Å². The van der Waals surface area contributed by atoms with Crippen molar-refractivity contribution < 1.29 is 8.78 Å². The zero-order valence-electron chi connectivity index (χ0n) is 6.16. The van der Waals surface area contributed by atoms with E-state index in [-0.39, 0.29) is 18.9 Å². The molecule has 1 heterocycles. The minimum atomic E-state index is -2.48. The average Bonchev–Trinajstić information content (AvgIpc) is 1.90. The normalized spacial score (nSPS) is 33.3. The van der Waals surface area contributed by atoms with Crippen LogP contribution in [0.25, 0.3) is 0 Å². The van der Waals surface area contributed by atoms with Crippen LogP contribution >= 0.6 is 0 Å². The van der Waals surface area contributed by atoms with Gasteiger partial charge in [-0.25, -0.2) is 8.78 Å². The highest BCUT2D eigenvalue weighted by molar-refractivity contribution is 4.76. The molecule has 60 valence electrons. The predicted octanol–water partition coefficient (Wildman–Crippen LogP) is 1.64. The number of rotatable bonds is 0. The lowest BCUT2D eigenvalue weighted by Gasteiger charge is -2.14. The van der Waals surface area contributed by atoms with E-state index in [9.17, 15) is 8.78 Å². The molecule has 1 nitrogen and oxygen atoms in total. The smallest absolute Gasteiger partial charge is 0.260 e. The summed E-state index contributed by atoms with van der Waals surface area (Å²) in [5.74, 6) is -2.32. The topological polar surface area (TPSA) is 12.0 Å². The van der Waals surface area contributed by atoms with Gasteiger partial charge in [-0.05, 0) is 18.9 Å². The van der Waals surface area contributed by atoms with Gasteiger partial charge in [0.2, 0.25) is 0 Å². The summed E-state index contributed by atoms with van der Waals surface area (Å²) in [4.78, 5) is 0. The third kappa shape index (κ3) is 2.21. The van der Waals surface area contributed by atoms with Gasteiger partial charge < -0.3 is 5.32 Å². The van der Waals surface area contributed by atoms with Crippen molar-refractivity contribution in [1.82, 2.24) is 5.32 Å². The van der Waals surface area contributed by atoms with Crippen molar-refractivity contribution in [2.75, 3.05) is 13.1 Å². The van der Waals surface area contributed by atoms with Crippen LogP contribution in [0.1, 0.15) is 19.8 Å². The minimum Gasteiger partial charge on any atom is -0.311 e. The molecule has 0 aromatic heterocycles. The minimum absolute atomic E-state index is 0.0417. The number of hydrogen-bond acceptors (Lipinski definition) is 1. The van der Waals surface area contributed by atoms with Crippen LogP contribution in [0.3, 0.4) is 0 Å². The van der Waals surface area contributed by atoms with E-state index in [0.29, 0.717) is 0 Å². The zero-order chi connectivity index (χ0) is 7.61. The summed E-state index contributed by atoms with van der Waals surface area (Å²) in [6.07, 6.45) is 0.912. The van der Waals surface area contributed by atoms with Crippen LogP contribution in [0.5, 0.6) is 0 Å². The van der Waals surface area contributed by atoms with Gasteiger partial charge in [0, 0.05) is 6.42 Å². The fourth-order valence-electron chi connectivity index (χ4n) is 1.30. The maximum atomic E-state index is 12.7. The first kappa shape index (κ1) is 7.92. The van der Waals surface area contributed by atoms with Crippen molar-refractivity contribution in [2.24, 2.45) is 5.92 Å². The van der Waals surface area contributed by atoms with Gasteiger partial charge in [0.05, 0.1) is 6.54 Å². The number of halogens is 2. The van der Waals surface area contributed by atoms with Crippen molar-refractivity contribution in [3.63, 3.8) is 0 Å². The molecule has 1 aliphatic rings. The molecule has 0 aromatic rings. The zero-order valence-corrected chi connectivity index (χ0v) is 6.16. The second-order valence-corrected chi connectivity index (χ2v) is 3.13. The lowest BCUT2D eigenvalue weighted by Crippen LogP contribution is -2.30. The van der Waals surface area contributed by atoms with Crippen LogP contribution in [0.4, 0.5) is 8.78 Å². The summed E-state index contributed by atoms with van der Waals surface area (Å²) >= 11 is 0. The average molecular weight is 149 g/mol. The molecule has 0 radical (unpaired) electrons. The van der Waals surface area contributed by atoms with Crippen LogP contribution < -0.4 is 5.32 Å². The Morgan fingerprint density at radius 2 is 2.20 bits per heavy atom. The lowest BCUT2D eigenvalue weighted by atomic mass is 10.0. The third-order valence-corrected chi connectivity index (χ3v) is 1.84. The van der Waals surface area contributed by atoms with Crippen molar-refractivity contribution in [2.45, 2.75) is 25.7 Å².